The molecule has 1 amide bonds. The number of amides is 1. The molecule has 0 atom stereocenters. The second kappa shape index (κ2) is 13.0. The van der Waals surface area contributed by atoms with Crippen molar-refractivity contribution < 1.29 is 28.6 Å². The number of thioether (sulfide) groups is 1. The molecule has 0 unspecified atom stereocenters. The number of rotatable bonds is 12. The topological polar surface area (TPSA) is 84.9 Å². The first-order valence-corrected chi connectivity index (χ1v) is 12.6. The van der Waals surface area contributed by atoms with Crippen LogP contribution in [0.25, 0.3) is 0 Å². The Morgan fingerprint density at radius 1 is 0.972 bits per heavy atom. The van der Waals surface area contributed by atoms with E-state index in [0.717, 1.165) is 11.1 Å². The van der Waals surface area contributed by atoms with Crippen LogP contribution in [0.4, 0.5) is 4.39 Å². The van der Waals surface area contributed by atoms with Gasteiger partial charge < -0.3 is 19.9 Å². The number of ether oxygens (including phenoxy) is 2. The summed E-state index contributed by atoms with van der Waals surface area (Å²) in [5.74, 6) is 0.647. The normalized spacial score (nSPS) is 10.8. The summed E-state index contributed by atoms with van der Waals surface area (Å²) in [5.41, 5.74) is 2.88. The summed E-state index contributed by atoms with van der Waals surface area (Å²) in [6.45, 7) is 4.61. The van der Waals surface area contributed by atoms with Gasteiger partial charge in [-0.3, -0.25) is 9.59 Å². The molecule has 0 heterocycles. The fourth-order valence-corrected chi connectivity index (χ4v) is 4.21. The number of benzene rings is 3. The number of halogens is 1. The quantitative estimate of drug-likeness (QED) is 0.317. The Bertz CT molecular complexity index is 1200. The minimum absolute atomic E-state index is 0.132. The molecule has 0 aromatic heterocycles. The lowest BCUT2D eigenvalue weighted by Crippen LogP contribution is -2.25. The molecule has 3 aromatic carbocycles. The predicted octanol–water partition coefficient (Wildman–Crippen LogP) is 5.87. The Kier molecular flexibility index (Phi) is 9.76. The molecule has 0 radical (unpaired) electrons. The first-order valence-electron chi connectivity index (χ1n) is 11.6. The van der Waals surface area contributed by atoms with Gasteiger partial charge in [-0.1, -0.05) is 32.0 Å². The van der Waals surface area contributed by atoms with Gasteiger partial charge in [-0.2, -0.15) is 11.8 Å². The van der Waals surface area contributed by atoms with E-state index in [9.17, 15) is 14.0 Å². The van der Waals surface area contributed by atoms with Gasteiger partial charge in [-0.15, -0.1) is 0 Å². The Balaban J connectivity index is 1.78. The van der Waals surface area contributed by atoms with E-state index >= 15 is 0 Å². The molecule has 0 saturated heterocycles. The molecular formula is C28H30FNO5S. The number of nitrogens with one attached hydrogen (secondary N) is 1. The number of aliphatic carboxylic acids is 1. The molecule has 36 heavy (non-hydrogen) atoms. The molecular weight excluding hydrogens is 481 g/mol. The Morgan fingerprint density at radius 3 is 2.33 bits per heavy atom. The fraction of sp³-hybridized carbons (Fsp3) is 0.286. The number of hydrogen-bond acceptors (Lipinski definition) is 5. The van der Waals surface area contributed by atoms with Crippen molar-refractivity contribution in [3.05, 3.63) is 88.7 Å². The van der Waals surface area contributed by atoms with E-state index in [0.29, 0.717) is 52.3 Å². The first-order chi connectivity index (χ1) is 17.2. The minimum Gasteiger partial charge on any atom is -0.493 e. The molecule has 6 nitrogen and oxygen atoms in total. The summed E-state index contributed by atoms with van der Waals surface area (Å²) in [7, 11) is 1.52. The number of carbonyl (C=O) groups excluding carboxylic acids is 1. The summed E-state index contributed by atoms with van der Waals surface area (Å²) >= 11 is 1.72. The van der Waals surface area contributed by atoms with Crippen LogP contribution in [0.3, 0.4) is 0 Å². The summed E-state index contributed by atoms with van der Waals surface area (Å²) in [5, 5.41) is 12.4. The SMILES string of the molecule is COc1ccc(CC(=O)O)cc1Oc1ccc(C(=O)NCCc2ccc(F)cc2)cc1CSC(C)C. The van der Waals surface area contributed by atoms with E-state index in [2.05, 4.69) is 19.2 Å². The van der Waals surface area contributed by atoms with Gasteiger partial charge >= 0.3 is 5.97 Å². The minimum atomic E-state index is -0.935. The molecule has 0 aliphatic carbocycles. The van der Waals surface area contributed by atoms with Crippen LogP contribution in [0.5, 0.6) is 17.2 Å². The Hall–Kier alpha value is -3.52. The lowest BCUT2D eigenvalue weighted by Gasteiger charge is -2.16. The van der Waals surface area contributed by atoms with Crippen molar-refractivity contribution in [3.8, 4) is 17.2 Å². The van der Waals surface area contributed by atoms with Crippen molar-refractivity contribution >= 4 is 23.6 Å². The van der Waals surface area contributed by atoms with Crippen LogP contribution in [0.1, 0.15) is 40.9 Å². The van der Waals surface area contributed by atoms with E-state index in [4.69, 9.17) is 14.6 Å². The van der Waals surface area contributed by atoms with Crippen molar-refractivity contribution in [2.24, 2.45) is 0 Å². The van der Waals surface area contributed by atoms with Crippen LogP contribution < -0.4 is 14.8 Å². The van der Waals surface area contributed by atoms with Crippen LogP contribution >= 0.6 is 11.8 Å². The highest BCUT2D eigenvalue weighted by Gasteiger charge is 2.15. The predicted molar refractivity (Wildman–Crippen MR) is 140 cm³/mol. The lowest BCUT2D eigenvalue weighted by molar-refractivity contribution is -0.136. The van der Waals surface area contributed by atoms with Crippen LogP contribution in [-0.4, -0.2) is 35.9 Å². The van der Waals surface area contributed by atoms with Crippen molar-refractivity contribution in [1.82, 2.24) is 5.32 Å². The van der Waals surface area contributed by atoms with Gasteiger partial charge in [0.05, 0.1) is 13.5 Å². The average Bonchev–Trinajstić information content (AvgIpc) is 2.84. The van der Waals surface area contributed by atoms with Crippen LogP contribution in [-0.2, 0) is 23.4 Å². The standard InChI is InChI=1S/C28H30FNO5S/c1-18(2)36-17-22-16-21(28(33)30-13-12-19-4-8-23(29)9-5-19)7-11-24(22)35-26-14-20(15-27(31)32)6-10-25(26)34-3/h4-11,14,16,18H,12-13,15,17H2,1-3H3,(H,30,33)(H,31,32). The van der Waals surface area contributed by atoms with Gasteiger partial charge in [0.2, 0.25) is 0 Å². The molecule has 0 fully saturated rings. The molecule has 190 valence electrons. The van der Waals surface area contributed by atoms with Crippen molar-refractivity contribution in [2.45, 2.75) is 37.7 Å². The van der Waals surface area contributed by atoms with Gasteiger partial charge in [0, 0.05) is 23.4 Å². The number of carboxylic acid groups (broad SMARTS) is 1. The van der Waals surface area contributed by atoms with E-state index in [1.165, 1.54) is 19.2 Å². The van der Waals surface area contributed by atoms with Gasteiger partial charge in [0.1, 0.15) is 11.6 Å². The molecule has 0 aliphatic rings. The summed E-state index contributed by atoms with van der Waals surface area (Å²) in [6, 6.07) is 16.5. The Morgan fingerprint density at radius 2 is 1.67 bits per heavy atom. The zero-order valence-corrected chi connectivity index (χ0v) is 21.4. The largest absolute Gasteiger partial charge is 0.493 e. The van der Waals surface area contributed by atoms with Crippen LogP contribution in [0.2, 0.25) is 0 Å². The summed E-state index contributed by atoms with van der Waals surface area (Å²) in [4.78, 5) is 23.9. The molecule has 0 aliphatic heterocycles. The fourth-order valence-electron chi connectivity index (χ4n) is 3.47. The number of hydrogen-bond donors (Lipinski definition) is 2. The molecule has 3 rings (SSSR count). The summed E-state index contributed by atoms with van der Waals surface area (Å²) < 4.78 is 24.7. The highest BCUT2D eigenvalue weighted by atomic mass is 32.2. The van der Waals surface area contributed by atoms with E-state index in [1.807, 2.05) is 6.07 Å². The number of methoxy groups -OCH3 is 1. The Labute approximate surface area is 214 Å². The van der Waals surface area contributed by atoms with Gasteiger partial charge in [-0.25, -0.2) is 4.39 Å². The van der Waals surface area contributed by atoms with Gasteiger partial charge in [-0.05, 0) is 65.3 Å². The third kappa shape index (κ3) is 8.02. The van der Waals surface area contributed by atoms with Gasteiger partial charge in [0.25, 0.3) is 5.91 Å². The summed E-state index contributed by atoms with van der Waals surface area (Å²) in [6.07, 6.45) is 0.462. The lowest BCUT2D eigenvalue weighted by atomic mass is 10.1. The molecule has 2 N–H and O–H groups in total. The number of carboxylic acids is 1. The molecule has 3 aromatic rings. The average molecular weight is 512 g/mol. The van der Waals surface area contributed by atoms with Crippen LogP contribution in [0, 0.1) is 5.82 Å². The third-order valence-corrected chi connectivity index (χ3v) is 6.45. The highest BCUT2D eigenvalue weighted by molar-refractivity contribution is 7.99. The van der Waals surface area contributed by atoms with Crippen LogP contribution in [0.15, 0.2) is 60.7 Å². The third-order valence-electron chi connectivity index (χ3n) is 5.31. The van der Waals surface area contributed by atoms with E-state index < -0.39 is 5.97 Å². The molecule has 0 saturated carbocycles. The van der Waals surface area contributed by atoms with Crippen molar-refractivity contribution in [2.75, 3.05) is 13.7 Å². The highest BCUT2D eigenvalue weighted by Crippen LogP contribution is 2.36. The van der Waals surface area contributed by atoms with Crippen molar-refractivity contribution in [3.63, 3.8) is 0 Å². The number of carbonyl (C=O) groups is 2. The smallest absolute Gasteiger partial charge is 0.307 e. The second-order valence-electron chi connectivity index (χ2n) is 8.47. The maximum atomic E-state index is 13.1. The zero-order valence-electron chi connectivity index (χ0n) is 20.5. The van der Waals surface area contributed by atoms with Crippen molar-refractivity contribution in [1.29, 1.82) is 0 Å². The molecule has 0 spiro atoms. The molecule has 0 bridgehead atoms. The van der Waals surface area contributed by atoms with Gasteiger partial charge in [0.15, 0.2) is 11.5 Å². The maximum Gasteiger partial charge on any atom is 0.307 e. The van der Waals surface area contributed by atoms with E-state index in [1.54, 1.807) is 54.2 Å². The zero-order chi connectivity index (χ0) is 26.1. The maximum absolute atomic E-state index is 13.1. The molecule has 8 heteroatoms. The van der Waals surface area contributed by atoms with E-state index in [-0.39, 0.29) is 18.1 Å². The first kappa shape index (κ1) is 27.1. The monoisotopic (exact) mass is 511 g/mol. The second-order valence-corrected chi connectivity index (χ2v) is 10.0.